The van der Waals surface area contributed by atoms with Gasteiger partial charge in [0.1, 0.15) is 0 Å². The Kier molecular flexibility index (Phi) is 5.09. The smallest absolute Gasteiger partial charge is 0.215 e. The van der Waals surface area contributed by atoms with E-state index in [2.05, 4.69) is 9.82 Å². The van der Waals surface area contributed by atoms with Crippen LogP contribution in [0, 0.1) is 11.3 Å². The summed E-state index contributed by atoms with van der Waals surface area (Å²) in [5.41, 5.74) is 0.902. The Morgan fingerprint density at radius 2 is 2.10 bits per heavy atom. The second-order valence-electron chi connectivity index (χ2n) is 4.55. The predicted octanol–water partition coefficient (Wildman–Crippen LogP) is 1.26. The molecule has 7 heteroatoms. The lowest BCUT2D eigenvalue weighted by Crippen LogP contribution is -2.27. The third kappa shape index (κ3) is 4.70. The van der Waals surface area contributed by atoms with E-state index in [4.69, 9.17) is 5.26 Å². The van der Waals surface area contributed by atoms with Crippen LogP contribution in [0.4, 0.5) is 0 Å². The van der Waals surface area contributed by atoms with E-state index in [1.807, 2.05) is 18.3 Å². The van der Waals surface area contributed by atoms with Crippen molar-refractivity contribution in [1.29, 1.82) is 5.26 Å². The van der Waals surface area contributed by atoms with E-state index in [0.717, 1.165) is 0 Å². The Morgan fingerprint density at radius 3 is 2.81 bits per heavy atom. The van der Waals surface area contributed by atoms with Crippen LogP contribution < -0.4 is 4.72 Å². The van der Waals surface area contributed by atoms with Crippen LogP contribution in [0.2, 0.25) is 0 Å². The first kappa shape index (κ1) is 15.2. The zero-order valence-electron chi connectivity index (χ0n) is 11.4. The molecule has 0 spiro atoms. The van der Waals surface area contributed by atoms with Crippen molar-refractivity contribution in [2.75, 3.05) is 6.54 Å². The van der Waals surface area contributed by atoms with Gasteiger partial charge in [-0.1, -0.05) is 18.2 Å². The van der Waals surface area contributed by atoms with E-state index >= 15 is 0 Å². The van der Waals surface area contributed by atoms with Crippen molar-refractivity contribution in [1.82, 2.24) is 14.5 Å². The first-order chi connectivity index (χ1) is 10.1. The minimum atomic E-state index is -3.44. The minimum Gasteiger partial charge on any atom is -0.273 e. The molecule has 0 saturated heterocycles. The number of aryl methyl sites for hydroxylation is 1. The molecule has 0 fully saturated rings. The molecule has 1 heterocycles. The Morgan fingerprint density at radius 1 is 1.29 bits per heavy atom. The van der Waals surface area contributed by atoms with Crippen LogP contribution in [0.5, 0.6) is 0 Å². The molecule has 0 saturated carbocycles. The maximum absolute atomic E-state index is 12.0. The normalized spacial score (nSPS) is 11.2. The number of nitrogens with zero attached hydrogens (tertiary/aromatic N) is 3. The molecule has 6 nitrogen and oxygen atoms in total. The fraction of sp³-hybridized carbons (Fsp3) is 0.286. The minimum absolute atomic E-state index is 0.182. The Labute approximate surface area is 124 Å². The van der Waals surface area contributed by atoms with Gasteiger partial charge in [-0.3, -0.25) is 4.68 Å². The fourth-order valence-electron chi connectivity index (χ4n) is 1.91. The molecule has 0 radical (unpaired) electrons. The fourth-order valence-corrected chi connectivity index (χ4v) is 3.13. The highest BCUT2D eigenvalue weighted by Crippen LogP contribution is 2.10. The number of rotatable bonds is 7. The van der Waals surface area contributed by atoms with Crippen molar-refractivity contribution in [3.8, 4) is 6.07 Å². The van der Waals surface area contributed by atoms with Crippen molar-refractivity contribution in [2.24, 2.45) is 0 Å². The molecule has 21 heavy (non-hydrogen) atoms. The molecule has 0 aliphatic heterocycles. The molecule has 0 bridgehead atoms. The molecule has 2 aromatic rings. The van der Waals surface area contributed by atoms with Crippen LogP contribution >= 0.6 is 0 Å². The largest absolute Gasteiger partial charge is 0.273 e. The van der Waals surface area contributed by atoms with Crippen LogP contribution in [0.15, 0.2) is 42.7 Å². The van der Waals surface area contributed by atoms with Gasteiger partial charge < -0.3 is 0 Å². The lowest BCUT2D eigenvalue weighted by Gasteiger charge is -2.08. The monoisotopic (exact) mass is 304 g/mol. The van der Waals surface area contributed by atoms with E-state index < -0.39 is 10.0 Å². The Bertz CT molecular complexity index is 718. The van der Waals surface area contributed by atoms with Gasteiger partial charge in [0.15, 0.2) is 0 Å². The summed E-state index contributed by atoms with van der Waals surface area (Å²) in [5, 5.41) is 13.0. The van der Waals surface area contributed by atoms with Gasteiger partial charge in [0.25, 0.3) is 0 Å². The third-order valence-corrected chi connectivity index (χ3v) is 4.26. The highest BCUT2D eigenvalue weighted by Gasteiger charge is 2.13. The molecule has 2 rings (SSSR count). The molecule has 1 aromatic heterocycles. The Balaban J connectivity index is 1.86. The van der Waals surface area contributed by atoms with Gasteiger partial charge in [-0.15, -0.1) is 0 Å². The van der Waals surface area contributed by atoms with Gasteiger partial charge in [0.05, 0.1) is 17.4 Å². The zero-order valence-corrected chi connectivity index (χ0v) is 12.3. The van der Waals surface area contributed by atoms with Gasteiger partial charge in [0, 0.05) is 25.5 Å². The number of hydrogen-bond donors (Lipinski definition) is 1. The summed E-state index contributed by atoms with van der Waals surface area (Å²) in [7, 11) is -3.44. The van der Waals surface area contributed by atoms with Crippen LogP contribution in [-0.4, -0.2) is 24.7 Å². The maximum atomic E-state index is 12.0. The lowest BCUT2D eigenvalue weighted by molar-refractivity contribution is 0.552. The second kappa shape index (κ2) is 7.02. The molecule has 0 aliphatic rings. The van der Waals surface area contributed by atoms with Crippen LogP contribution in [0.3, 0.4) is 0 Å². The number of benzene rings is 1. The molecular formula is C14H16N4O2S. The van der Waals surface area contributed by atoms with Crippen molar-refractivity contribution < 1.29 is 8.42 Å². The molecule has 1 N–H and O–H groups in total. The average Bonchev–Trinajstić information content (AvgIpc) is 2.97. The topological polar surface area (TPSA) is 87.8 Å². The standard InChI is InChI=1S/C14H16N4O2S/c15-11-13-5-1-2-6-14(13)12-21(19,20)17-8-4-10-18-9-3-7-16-18/h1-3,5-7,9,17H,4,8,10,12H2. The van der Waals surface area contributed by atoms with Gasteiger partial charge in [-0.05, 0) is 24.1 Å². The molecule has 110 valence electrons. The molecule has 1 aromatic carbocycles. The number of hydrogen-bond acceptors (Lipinski definition) is 4. The molecule has 0 atom stereocenters. The van der Waals surface area contributed by atoms with Crippen LogP contribution in [-0.2, 0) is 22.3 Å². The molecular weight excluding hydrogens is 288 g/mol. The summed E-state index contributed by atoms with van der Waals surface area (Å²) in [6.07, 6.45) is 4.17. The van der Waals surface area contributed by atoms with E-state index in [9.17, 15) is 8.42 Å². The second-order valence-corrected chi connectivity index (χ2v) is 6.35. The highest BCUT2D eigenvalue weighted by atomic mass is 32.2. The predicted molar refractivity (Wildman–Crippen MR) is 78.6 cm³/mol. The van der Waals surface area contributed by atoms with Gasteiger partial charge in [-0.2, -0.15) is 10.4 Å². The van der Waals surface area contributed by atoms with Crippen molar-refractivity contribution in [3.05, 3.63) is 53.9 Å². The van der Waals surface area contributed by atoms with Gasteiger partial charge in [0.2, 0.25) is 10.0 Å². The first-order valence-electron chi connectivity index (χ1n) is 6.53. The third-order valence-electron chi connectivity index (χ3n) is 2.93. The molecule has 0 amide bonds. The molecule has 0 aliphatic carbocycles. The number of nitrogens with one attached hydrogen (secondary N) is 1. The highest BCUT2D eigenvalue weighted by molar-refractivity contribution is 7.88. The van der Waals surface area contributed by atoms with E-state index in [1.54, 1.807) is 35.1 Å². The quantitative estimate of drug-likeness (QED) is 0.780. The SMILES string of the molecule is N#Cc1ccccc1CS(=O)(=O)NCCCn1cccn1. The summed E-state index contributed by atoms with van der Waals surface area (Å²) < 4.78 is 28.3. The van der Waals surface area contributed by atoms with Crippen molar-refractivity contribution >= 4 is 10.0 Å². The van der Waals surface area contributed by atoms with Crippen LogP contribution in [0.1, 0.15) is 17.5 Å². The zero-order chi connectivity index (χ0) is 15.1. The summed E-state index contributed by atoms with van der Waals surface area (Å²) in [5.74, 6) is -0.182. The van der Waals surface area contributed by atoms with Gasteiger partial charge >= 0.3 is 0 Å². The molecule has 0 unspecified atom stereocenters. The summed E-state index contributed by atoms with van der Waals surface area (Å²) in [6, 6.07) is 10.5. The van der Waals surface area contributed by atoms with Crippen molar-refractivity contribution in [2.45, 2.75) is 18.7 Å². The lowest BCUT2D eigenvalue weighted by atomic mass is 10.1. The maximum Gasteiger partial charge on any atom is 0.215 e. The van der Waals surface area contributed by atoms with Gasteiger partial charge in [-0.25, -0.2) is 13.1 Å². The van der Waals surface area contributed by atoms with E-state index in [-0.39, 0.29) is 5.75 Å². The van der Waals surface area contributed by atoms with E-state index in [1.165, 1.54) is 0 Å². The summed E-state index contributed by atoms with van der Waals surface area (Å²) in [6.45, 7) is 1.00. The number of aromatic nitrogens is 2. The summed E-state index contributed by atoms with van der Waals surface area (Å²) in [4.78, 5) is 0. The van der Waals surface area contributed by atoms with Crippen molar-refractivity contribution in [3.63, 3.8) is 0 Å². The number of sulfonamides is 1. The van der Waals surface area contributed by atoms with Crippen LogP contribution in [0.25, 0.3) is 0 Å². The van der Waals surface area contributed by atoms with E-state index in [0.29, 0.717) is 30.6 Å². The number of nitriles is 1. The average molecular weight is 304 g/mol. The summed E-state index contributed by atoms with van der Waals surface area (Å²) >= 11 is 0. The Hall–Kier alpha value is -2.17. The first-order valence-corrected chi connectivity index (χ1v) is 8.19.